The number of urea groups is 1. The largest absolute Gasteiger partial charge is 0.347 e. The average molecular weight is 499 g/mol. The van der Waals surface area contributed by atoms with E-state index in [0.717, 1.165) is 42.7 Å². The van der Waals surface area contributed by atoms with Gasteiger partial charge in [0, 0.05) is 42.7 Å². The second-order valence-corrected chi connectivity index (χ2v) is 10.4. The van der Waals surface area contributed by atoms with E-state index in [2.05, 4.69) is 40.4 Å². The number of nitrogens with one attached hydrogen (secondary N) is 2. The van der Waals surface area contributed by atoms with Gasteiger partial charge in [-0.05, 0) is 63.2 Å². The molecule has 0 radical (unpaired) electrons. The Hall–Kier alpha value is -3.21. The molecule has 3 amide bonds. The van der Waals surface area contributed by atoms with Gasteiger partial charge in [0.2, 0.25) is 5.91 Å². The summed E-state index contributed by atoms with van der Waals surface area (Å²) in [6.07, 6.45) is 2.67. The van der Waals surface area contributed by atoms with Gasteiger partial charge in [0.25, 0.3) is 10.1 Å². The molecule has 0 aliphatic carbocycles. The van der Waals surface area contributed by atoms with Crippen molar-refractivity contribution in [1.82, 2.24) is 15.2 Å². The Morgan fingerprint density at radius 1 is 1.00 bits per heavy atom. The Morgan fingerprint density at radius 3 is 2.31 bits per heavy atom. The third-order valence-electron chi connectivity index (χ3n) is 6.51. The van der Waals surface area contributed by atoms with Crippen molar-refractivity contribution in [3.05, 3.63) is 59.8 Å². The first-order chi connectivity index (χ1) is 16.6. The third kappa shape index (κ3) is 5.72. The van der Waals surface area contributed by atoms with Crippen LogP contribution >= 0.6 is 0 Å². The van der Waals surface area contributed by atoms with E-state index < -0.39 is 10.1 Å². The molecule has 0 unspecified atom stereocenters. The van der Waals surface area contributed by atoms with Crippen molar-refractivity contribution in [2.45, 2.75) is 37.0 Å². The molecular weight excluding hydrogens is 468 g/mol. The summed E-state index contributed by atoms with van der Waals surface area (Å²) in [7, 11) is -1.92. The first-order valence-electron chi connectivity index (χ1n) is 11.6. The minimum absolute atomic E-state index is 0.0666. The van der Waals surface area contributed by atoms with E-state index in [4.69, 9.17) is 4.55 Å². The normalized spacial score (nSPS) is 17.2. The summed E-state index contributed by atoms with van der Waals surface area (Å²) < 4.78 is 31.8. The lowest BCUT2D eigenvalue weighted by atomic mass is 9.94. The van der Waals surface area contributed by atoms with Gasteiger partial charge in [-0.25, -0.2) is 4.79 Å². The van der Waals surface area contributed by atoms with Crippen LogP contribution in [-0.4, -0.2) is 49.1 Å². The van der Waals surface area contributed by atoms with Gasteiger partial charge in [-0.15, -0.1) is 0 Å². The maximum absolute atomic E-state index is 12.1. The molecule has 1 aromatic heterocycles. The highest BCUT2D eigenvalue weighted by Crippen LogP contribution is 2.32. The highest BCUT2D eigenvalue weighted by Gasteiger charge is 2.25. The van der Waals surface area contributed by atoms with Crippen molar-refractivity contribution < 1.29 is 22.6 Å². The molecule has 2 saturated heterocycles. The first-order valence-corrected chi connectivity index (χ1v) is 13.0. The Labute approximate surface area is 204 Å². The molecule has 0 atom stereocenters. The number of hydrogen-bond acceptors (Lipinski definition) is 5. The fourth-order valence-corrected chi connectivity index (χ4v) is 5.02. The van der Waals surface area contributed by atoms with Crippen LogP contribution in [0.4, 0.5) is 10.5 Å². The second-order valence-electron chi connectivity index (χ2n) is 8.94. The van der Waals surface area contributed by atoms with E-state index in [9.17, 15) is 18.0 Å². The predicted octanol–water partition coefficient (Wildman–Crippen LogP) is 3.33. The van der Waals surface area contributed by atoms with Crippen molar-refractivity contribution in [3.8, 4) is 0 Å². The Bertz CT molecular complexity index is 1340. The Balaban J connectivity index is 0.000000221. The minimum Gasteiger partial charge on any atom is -0.347 e. The molecule has 2 fully saturated rings. The van der Waals surface area contributed by atoms with E-state index in [1.54, 1.807) is 17.0 Å². The summed E-state index contributed by atoms with van der Waals surface area (Å²) in [6.45, 7) is 4.41. The number of aromatic nitrogens is 1. The zero-order chi connectivity index (χ0) is 25.2. The summed E-state index contributed by atoms with van der Waals surface area (Å²) >= 11 is 0. The van der Waals surface area contributed by atoms with Crippen LogP contribution in [-0.2, 0) is 22.0 Å². The van der Waals surface area contributed by atoms with Crippen LogP contribution in [0.15, 0.2) is 53.4 Å². The van der Waals surface area contributed by atoms with E-state index in [1.807, 2.05) is 13.0 Å². The molecule has 0 bridgehead atoms. The molecule has 0 spiro atoms. The molecule has 3 heterocycles. The first kappa shape index (κ1) is 24.9. The topological polar surface area (TPSA) is 121 Å². The van der Waals surface area contributed by atoms with Crippen LogP contribution in [0.1, 0.15) is 36.4 Å². The lowest BCUT2D eigenvalue weighted by Crippen LogP contribution is -2.49. The molecule has 2 aromatic carbocycles. The lowest BCUT2D eigenvalue weighted by molar-refractivity contribution is -0.120. The molecule has 3 aromatic rings. The number of nitrogens with zero attached hydrogens (tertiary/aromatic N) is 2. The number of anilines is 1. The molecule has 10 heteroatoms. The summed E-state index contributed by atoms with van der Waals surface area (Å²) in [5.74, 6) is 0.382. The van der Waals surface area contributed by atoms with E-state index in [1.165, 1.54) is 23.2 Å². The zero-order valence-electron chi connectivity index (χ0n) is 19.8. The van der Waals surface area contributed by atoms with Crippen LogP contribution in [0, 0.1) is 6.92 Å². The number of aryl methyl sites for hydroxylation is 2. The summed E-state index contributed by atoms with van der Waals surface area (Å²) in [5.41, 5.74) is 4.29. The van der Waals surface area contributed by atoms with Gasteiger partial charge >= 0.3 is 6.03 Å². The monoisotopic (exact) mass is 498 g/mol. The molecule has 0 saturated carbocycles. The van der Waals surface area contributed by atoms with Gasteiger partial charge in [-0.3, -0.25) is 19.6 Å². The maximum atomic E-state index is 12.1. The third-order valence-corrected chi connectivity index (χ3v) is 7.38. The number of piperidine rings is 1. The van der Waals surface area contributed by atoms with Crippen molar-refractivity contribution in [1.29, 1.82) is 0 Å². The molecular formula is C25H30N4O5S. The standard InChI is InChI=1S/C18H22N4O2.C7H8O3S/c1-21-15(12-4-7-19-8-5-12)10-13-2-3-14(11-16(13)21)22-9-6-17(23)20-18(22)24;1-6-2-4-7(5-3-6)11(8,9)10/h2-3,10-12,19H,4-9H2,1H3,(H,20,23,24);2-5H,1H3,(H,8,9,10). The number of amides is 3. The van der Waals surface area contributed by atoms with Gasteiger partial charge in [0.1, 0.15) is 0 Å². The number of rotatable bonds is 3. The SMILES string of the molecule is Cc1ccc(S(=O)(=O)O)cc1.Cn1c(C2CCNCC2)cc2ccc(N3CCC(=O)NC3=O)cc21. The van der Waals surface area contributed by atoms with E-state index in [-0.39, 0.29) is 16.8 Å². The zero-order valence-corrected chi connectivity index (χ0v) is 20.6. The minimum atomic E-state index is -4.02. The number of hydrogen-bond donors (Lipinski definition) is 3. The molecule has 5 rings (SSSR count). The van der Waals surface area contributed by atoms with E-state index in [0.29, 0.717) is 18.9 Å². The molecule has 35 heavy (non-hydrogen) atoms. The predicted molar refractivity (Wildman–Crippen MR) is 134 cm³/mol. The van der Waals surface area contributed by atoms with Crippen molar-refractivity contribution in [2.75, 3.05) is 24.5 Å². The van der Waals surface area contributed by atoms with Crippen molar-refractivity contribution in [2.24, 2.45) is 7.05 Å². The summed E-state index contributed by atoms with van der Waals surface area (Å²) in [6, 6.07) is 14.0. The summed E-state index contributed by atoms with van der Waals surface area (Å²) in [4.78, 5) is 25.0. The fraction of sp³-hybridized carbons (Fsp3) is 0.360. The van der Waals surface area contributed by atoms with Crippen molar-refractivity contribution in [3.63, 3.8) is 0 Å². The van der Waals surface area contributed by atoms with Crippen LogP contribution in [0.2, 0.25) is 0 Å². The molecule has 9 nitrogen and oxygen atoms in total. The second kappa shape index (κ2) is 10.2. The molecule has 2 aliphatic heterocycles. The van der Waals surface area contributed by atoms with Crippen LogP contribution in [0.3, 0.4) is 0 Å². The number of carbonyl (C=O) groups is 2. The van der Waals surface area contributed by atoms with Crippen LogP contribution < -0.4 is 15.5 Å². The quantitative estimate of drug-likeness (QED) is 0.477. The highest BCUT2D eigenvalue weighted by atomic mass is 32.2. The molecule has 186 valence electrons. The smallest absolute Gasteiger partial charge is 0.328 e. The summed E-state index contributed by atoms with van der Waals surface area (Å²) in [5, 5.41) is 6.99. The van der Waals surface area contributed by atoms with Gasteiger partial charge in [-0.1, -0.05) is 23.8 Å². The number of benzene rings is 2. The van der Waals surface area contributed by atoms with Crippen molar-refractivity contribution >= 4 is 38.6 Å². The van der Waals surface area contributed by atoms with Crippen LogP contribution in [0.5, 0.6) is 0 Å². The molecule has 2 aliphatic rings. The fourth-order valence-electron chi connectivity index (χ4n) is 4.54. The lowest BCUT2D eigenvalue weighted by Gasteiger charge is -2.26. The Kier molecular flexibility index (Phi) is 7.25. The number of fused-ring (bicyclic) bond motifs is 1. The average Bonchev–Trinajstić information content (AvgIpc) is 3.16. The Morgan fingerprint density at radius 2 is 1.69 bits per heavy atom. The van der Waals surface area contributed by atoms with Gasteiger partial charge in [0.15, 0.2) is 0 Å². The molecule has 3 N–H and O–H groups in total. The number of imide groups is 1. The van der Waals surface area contributed by atoms with Gasteiger partial charge in [0.05, 0.1) is 10.4 Å². The number of carbonyl (C=O) groups excluding carboxylic acids is 2. The van der Waals surface area contributed by atoms with Gasteiger partial charge < -0.3 is 9.88 Å². The highest BCUT2D eigenvalue weighted by molar-refractivity contribution is 7.85. The maximum Gasteiger partial charge on any atom is 0.328 e. The van der Waals surface area contributed by atoms with E-state index >= 15 is 0 Å². The van der Waals surface area contributed by atoms with Crippen LogP contribution in [0.25, 0.3) is 10.9 Å². The van der Waals surface area contributed by atoms with Gasteiger partial charge in [-0.2, -0.15) is 8.42 Å².